The molecule has 1 aromatic carbocycles. The number of benzene rings is 1. The van der Waals surface area contributed by atoms with Crippen LogP contribution in [0.25, 0.3) is 10.1 Å². The molecule has 168 valence electrons. The summed E-state index contributed by atoms with van der Waals surface area (Å²) in [5.74, 6) is -2.74. The van der Waals surface area contributed by atoms with Gasteiger partial charge in [0.25, 0.3) is 11.6 Å². The van der Waals surface area contributed by atoms with Gasteiger partial charge in [-0.15, -0.1) is 23.1 Å². The minimum atomic E-state index is -1.66. The Morgan fingerprint density at radius 2 is 2.06 bits per heavy atom. The van der Waals surface area contributed by atoms with Crippen LogP contribution in [0.4, 0.5) is 0 Å². The lowest BCUT2D eigenvalue weighted by Gasteiger charge is -2.55. The fourth-order valence-corrected chi connectivity index (χ4v) is 6.26. The largest absolute Gasteiger partial charge is 0.477 e. The maximum absolute atomic E-state index is 13.0. The number of aliphatic carboxylic acids is 1. The summed E-state index contributed by atoms with van der Waals surface area (Å²) in [5, 5.41) is 12.6. The van der Waals surface area contributed by atoms with E-state index < -0.39 is 34.9 Å². The normalized spacial score (nSPS) is 22.4. The van der Waals surface area contributed by atoms with Crippen LogP contribution < -0.4 is 5.32 Å². The van der Waals surface area contributed by atoms with Crippen molar-refractivity contribution in [1.29, 1.82) is 0 Å². The predicted molar refractivity (Wildman–Crippen MR) is 118 cm³/mol. The van der Waals surface area contributed by atoms with Gasteiger partial charge < -0.3 is 19.9 Å². The van der Waals surface area contributed by atoms with Crippen LogP contribution in [-0.4, -0.2) is 64.3 Å². The first kappa shape index (κ1) is 22.3. The summed E-state index contributed by atoms with van der Waals surface area (Å²) in [7, 11) is 1.30. The van der Waals surface area contributed by atoms with E-state index in [9.17, 15) is 24.3 Å². The van der Waals surface area contributed by atoms with Gasteiger partial charge in [0.1, 0.15) is 17.7 Å². The fourth-order valence-electron chi connectivity index (χ4n) is 3.78. The SMILES string of the molecule is CO[C@@]1(NC(=O)Cc2cc3ccccc3s2)C(=O)N2C(C(=O)O)=C(COC(C)=O)CS[C@@H]21. The highest BCUT2D eigenvalue weighted by Crippen LogP contribution is 2.46. The van der Waals surface area contributed by atoms with Crippen LogP contribution in [0.1, 0.15) is 11.8 Å². The van der Waals surface area contributed by atoms with Crippen LogP contribution in [-0.2, 0) is 35.1 Å². The van der Waals surface area contributed by atoms with Crippen molar-refractivity contribution in [2.75, 3.05) is 19.5 Å². The number of nitrogens with one attached hydrogen (secondary N) is 1. The minimum Gasteiger partial charge on any atom is -0.477 e. The first-order valence-electron chi connectivity index (χ1n) is 9.64. The standard InChI is InChI=1S/C21H20N2O7S2/c1-11(24)30-9-13-10-31-20-21(29-2,19(28)23(20)17(13)18(26)27)22-16(25)8-14-7-12-5-3-4-6-15(12)32-14/h3-7,20H,8-10H2,1-2H3,(H,22,25)(H,26,27)/t20-,21+/m1/s1. The summed E-state index contributed by atoms with van der Waals surface area (Å²) in [5.41, 5.74) is -1.60. The molecular formula is C21H20N2O7S2. The molecule has 1 saturated heterocycles. The van der Waals surface area contributed by atoms with Crippen molar-refractivity contribution in [2.24, 2.45) is 0 Å². The number of carbonyl (C=O) groups excluding carboxylic acids is 3. The summed E-state index contributed by atoms with van der Waals surface area (Å²) in [6.45, 7) is 0.995. The van der Waals surface area contributed by atoms with E-state index in [2.05, 4.69) is 5.32 Å². The molecule has 32 heavy (non-hydrogen) atoms. The third-order valence-corrected chi connectivity index (χ3v) is 7.71. The highest BCUT2D eigenvalue weighted by molar-refractivity contribution is 8.00. The molecule has 9 nitrogen and oxygen atoms in total. The quantitative estimate of drug-likeness (QED) is 0.352. The van der Waals surface area contributed by atoms with Crippen molar-refractivity contribution in [2.45, 2.75) is 24.4 Å². The maximum Gasteiger partial charge on any atom is 0.352 e. The molecule has 0 unspecified atom stereocenters. The molecule has 0 radical (unpaired) electrons. The van der Waals surface area contributed by atoms with Crippen molar-refractivity contribution in [1.82, 2.24) is 10.2 Å². The lowest BCUT2D eigenvalue weighted by Crippen LogP contribution is -2.80. The van der Waals surface area contributed by atoms with Gasteiger partial charge in [0.15, 0.2) is 0 Å². The van der Waals surface area contributed by atoms with Gasteiger partial charge in [-0.1, -0.05) is 18.2 Å². The Labute approximate surface area is 191 Å². The third-order valence-electron chi connectivity index (χ3n) is 5.22. The second-order valence-corrected chi connectivity index (χ2v) is 9.53. The lowest BCUT2D eigenvalue weighted by molar-refractivity contribution is -0.192. The molecule has 0 bridgehead atoms. The van der Waals surface area contributed by atoms with E-state index in [0.717, 1.165) is 19.9 Å². The molecule has 4 rings (SSSR count). The number of amides is 2. The molecule has 1 aromatic heterocycles. The minimum absolute atomic E-state index is 0.0639. The number of ether oxygens (including phenoxy) is 2. The molecule has 0 saturated carbocycles. The molecule has 11 heteroatoms. The Bertz CT molecular complexity index is 1120. The number of rotatable bonds is 7. The van der Waals surface area contributed by atoms with Gasteiger partial charge in [0.2, 0.25) is 5.91 Å². The highest BCUT2D eigenvalue weighted by atomic mass is 32.2. The Hall–Kier alpha value is -2.89. The van der Waals surface area contributed by atoms with Crippen molar-refractivity contribution >= 4 is 56.9 Å². The predicted octanol–water partition coefficient (Wildman–Crippen LogP) is 1.72. The molecule has 0 aliphatic carbocycles. The van der Waals surface area contributed by atoms with Gasteiger partial charge in [0, 0.05) is 34.9 Å². The maximum atomic E-state index is 13.0. The molecule has 2 aromatic rings. The van der Waals surface area contributed by atoms with Gasteiger partial charge in [-0.25, -0.2) is 4.79 Å². The number of esters is 1. The zero-order valence-corrected chi connectivity index (χ0v) is 18.9. The number of carboxylic acid groups (broad SMARTS) is 1. The Balaban J connectivity index is 1.53. The number of hydrogen-bond donors (Lipinski definition) is 2. The second-order valence-electron chi connectivity index (χ2n) is 7.29. The van der Waals surface area contributed by atoms with Gasteiger partial charge in [-0.3, -0.25) is 19.3 Å². The van der Waals surface area contributed by atoms with Crippen LogP contribution in [0, 0.1) is 0 Å². The van der Waals surface area contributed by atoms with Gasteiger partial charge >= 0.3 is 11.9 Å². The van der Waals surface area contributed by atoms with E-state index in [0.29, 0.717) is 5.57 Å². The molecular weight excluding hydrogens is 456 g/mol. The monoisotopic (exact) mass is 476 g/mol. The van der Waals surface area contributed by atoms with Crippen LogP contribution in [0.2, 0.25) is 0 Å². The number of hydrogen-bond acceptors (Lipinski definition) is 8. The number of carbonyl (C=O) groups is 4. The smallest absolute Gasteiger partial charge is 0.352 e. The number of β-lactam (4-membered cyclic amide) rings is 1. The van der Waals surface area contributed by atoms with Crippen molar-refractivity contribution in [3.8, 4) is 0 Å². The number of carboxylic acids is 1. The van der Waals surface area contributed by atoms with Crippen molar-refractivity contribution in [3.05, 3.63) is 46.5 Å². The average Bonchev–Trinajstić information content (AvgIpc) is 3.16. The molecule has 2 aliphatic rings. The summed E-state index contributed by atoms with van der Waals surface area (Å²) in [4.78, 5) is 50.7. The van der Waals surface area contributed by atoms with Crippen LogP contribution >= 0.6 is 23.1 Å². The summed E-state index contributed by atoms with van der Waals surface area (Å²) >= 11 is 2.73. The zero-order valence-electron chi connectivity index (χ0n) is 17.2. The van der Waals surface area contributed by atoms with Gasteiger partial charge in [0.05, 0.1) is 6.42 Å². The van der Waals surface area contributed by atoms with Crippen molar-refractivity contribution < 1.29 is 33.8 Å². The first-order chi connectivity index (χ1) is 15.3. The third kappa shape index (κ3) is 3.76. The second kappa shape index (κ2) is 8.57. The molecule has 2 amide bonds. The van der Waals surface area contributed by atoms with E-state index in [1.807, 2.05) is 30.3 Å². The average molecular weight is 477 g/mol. The highest BCUT2D eigenvalue weighted by Gasteiger charge is 2.66. The van der Waals surface area contributed by atoms with Gasteiger partial charge in [-0.05, 0) is 17.5 Å². The fraction of sp³-hybridized carbons (Fsp3) is 0.333. The number of nitrogens with zero attached hydrogens (tertiary/aromatic N) is 1. The Kier molecular flexibility index (Phi) is 5.97. The molecule has 2 aliphatic heterocycles. The van der Waals surface area contributed by atoms with Crippen LogP contribution in [0.3, 0.4) is 0 Å². The van der Waals surface area contributed by atoms with Gasteiger partial charge in [-0.2, -0.15) is 0 Å². The van der Waals surface area contributed by atoms with E-state index in [1.165, 1.54) is 37.1 Å². The molecule has 0 spiro atoms. The van der Waals surface area contributed by atoms with E-state index in [4.69, 9.17) is 9.47 Å². The number of fused-ring (bicyclic) bond motifs is 2. The van der Waals surface area contributed by atoms with Crippen LogP contribution in [0.5, 0.6) is 0 Å². The summed E-state index contributed by atoms with van der Waals surface area (Å²) in [6, 6.07) is 9.70. The summed E-state index contributed by atoms with van der Waals surface area (Å²) < 4.78 is 11.4. The number of methoxy groups -OCH3 is 1. The molecule has 3 heterocycles. The van der Waals surface area contributed by atoms with E-state index in [-0.39, 0.29) is 24.5 Å². The Morgan fingerprint density at radius 1 is 1.31 bits per heavy atom. The van der Waals surface area contributed by atoms with E-state index in [1.54, 1.807) is 0 Å². The lowest BCUT2D eigenvalue weighted by atomic mass is 9.98. The van der Waals surface area contributed by atoms with Crippen LogP contribution in [0.15, 0.2) is 41.6 Å². The molecule has 2 N–H and O–H groups in total. The molecule has 1 fully saturated rings. The van der Waals surface area contributed by atoms with Crippen molar-refractivity contribution in [3.63, 3.8) is 0 Å². The summed E-state index contributed by atoms with van der Waals surface area (Å²) in [6.07, 6.45) is 0.0639. The Morgan fingerprint density at radius 3 is 2.72 bits per heavy atom. The number of thioether (sulfide) groups is 1. The zero-order chi connectivity index (χ0) is 23.0. The van der Waals surface area contributed by atoms with E-state index >= 15 is 0 Å². The topological polar surface area (TPSA) is 122 Å². The first-order valence-corrected chi connectivity index (χ1v) is 11.5. The number of thiophene rings is 1. The molecule has 2 atom stereocenters.